The van der Waals surface area contributed by atoms with E-state index in [4.69, 9.17) is 4.99 Å². The molecule has 0 atom stereocenters. The van der Waals surface area contributed by atoms with Gasteiger partial charge in [0.25, 0.3) is 0 Å². The van der Waals surface area contributed by atoms with Crippen LogP contribution in [0.15, 0.2) is 89.9 Å². The Morgan fingerprint density at radius 3 is 1.96 bits per heavy atom. The Morgan fingerprint density at radius 1 is 0.800 bits per heavy atom. The minimum atomic E-state index is 0.976. The summed E-state index contributed by atoms with van der Waals surface area (Å²) in [6, 6.07) is 29.0. The monoisotopic (exact) mass is 343 g/mol. The van der Waals surface area contributed by atoms with E-state index < -0.39 is 0 Å². The first kappa shape index (κ1) is 17.3. The minimum Gasteiger partial charge on any atom is -0.205 e. The molecule has 25 heavy (non-hydrogen) atoms. The molecular formula is C23H21NS. The van der Waals surface area contributed by atoms with Gasteiger partial charge in [-0.3, -0.25) is 0 Å². The third-order valence-corrected chi connectivity index (χ3v) is 4.79. The number of para-hydroxylation sites is 1. The average Bonchev–Trinajstić information content (AvgIpc) is 2.69. The number of benzene rings is 3. The standard InChI is InChI=1S/C23H21NS/c1-2-25-18-21-15-9-10-16-23(21)24-17-22(19-11-5-3-6-12-19)20-13-7-4-8-14-20/h3-16H,2,18H2,1H3. The van der Waals surface area contributed by atoms with Gasteiger partial charge in [0, 0.05) is 5.75 Å². The second-order valence-electron chi connectivity index (χ2n) is 5.60. The summed E-state index contributed by atoms with van der Waals surface area (Å²) in [7, 11) is 0. The van der Waals surface area contributed by atoms with Crippen molar-refractivity contribution in [2.75, 3.05) is 5.75 Å². The van der Waals surface area contributed by atoms with Crippen LogP contribution < -0.4 is 0 Å². The van der Waals surface area contributed by atoms with E-state index >= 15 is 0 Å². The van der Waals surface area contributed by atoms with E-state index in [2.05, 4.69) is 55.3 Å². The van der Waals surface area contributed by atoms with E-state index in [1.54, 1.807) is 0 Å². The van der Waals surface area contributed by atoms with Gasteiger partial charge in [0.1, 0.15) is 0 Å². The van der Waals surface area contributed by atoms with E-state index in [-0.39, 0.29) is 0 Å². The van der Waals surface area contributed by atoms with Crippen LogP contribution in [0.5, 0.6) is 0 Å². The van der Waals surface area contributed by atoms with E-state index in [1.165, 1.54) is 5.56 Å². The maximum Gasteiger partial charge on any atom is 0.0770 e. The van der Waals surface area contributed by atoms with Gasteiger partial charge in [-0.1, -0.05) is 85.8 Å². The molecule has 0 aliphatic rings. The third-order valence-electron chi connectivity index (χ3n) is 3.87. The molecule has 0 aliphatic heterocycles. The van der Waals surface area contributed by atoms with Gasteiger partial charge in [-0.25, -0.2) is 4.99 Å². The van der Waals surface area contributed by atoms with Crippen molar-refractivity contribution in [2.24, 2.45) is 4.99 Å². The number of hydrogen-bond donors (Lipinski definition) is 0. The number of nitrogens with zero attached hydrogens (tertiary/aromatic N) is 1. The predicted molar refractivity (Wildman–Crippen MR) is 111 cm³/mol. The third kappa shape index (κ3) is 4.73. The lowest BCUT2D eigenvalue weighted by Crippen LogP contribution is -1.88. The fourth-order valence-electron chi connectivity index (χ4n) is 2.58. The van der Waals surface area contributed by atoms with E-state index in [1.807, 2.05) is 54.2 Å². The molecule has 0 radical (unpaired) electrons. The van der Waals surface area contributed by atoms with Crippen molar-refractivity contribution in [1.29, 1.82) is 0 Å². The van der Waals surface area contributed by atoms with Crippen LogP contribution in [0.3, 0.4) is 0 Å². The van der Waals surface area contributed by atoms with Gasteiger partial charge >= 0.3 is 0 Å². The van der Waals surface area contributed by atoms with Gasteiger partial charge in [-0.05, 0) is 34.4 Å². The van der Waals surface area contributed by atoms with Crippen LogP contribution in [-0.4, -0.2) is 11.6 Å². The van der Waals surface area contributed by atoms with Gasteiger partial charge in [0.2, 0.25) is 0 Å². The zero-order valence-electron chi connectivity index (χ0n) is 14.4. The zero-order valence-corrected chi connectivity index (χ0v) is 15.2. The Bertz CT molecular complexity index is 821. The van der Waals surface area contributed by atoms with Crippen LogP contribution in [-0.2, 0) is 5.75 Å². The van der Waals surface area contributed by atoms with Crippen LogP contribution in [0.1, 0.15) is 23.6 Å². The Labute approximate surface area is 154 Å². The summed E-state index contributed by atoms with van der Waals surface area (Å²) in [5.74, 6) is 5.40. The average molecular weight is 343 g/mol. The Balaban J connectivity index is 2.06. The molecule has 0 spiro atoms. The second-order valence-corrected chi connectivity index (χ2v) is 6.87. The molecule has 3 aromatic carbocycles. The molecule has 0 amide bonds. The summed E-state index contributed by atoms with van der Waals surface area (Å²) >= 11 is 1.91. The van der Waals surface area contributed by atoms with Crippen molar-refractivity contribution < 1.29 is 0 Å². The van der Waals surface area contributed by atoms with E-state index in [9.17, 15) is 0 Å². The molecule has 0 fully saturated rings. The lowest BCUT2D eigenvalue weighted by atomic mass is 9.99. The van der Waals surface area contributed by atoms with Gasteiger partial charge in [-0.15, -0.1) is 0 Å². The lowest BCUT2D eigenvalue weighted by Gasteiger charge is -2.06. The quantitative estimate of drug-likeness (QED) is 0.473. The first-order chi connectivity index (χ1) is 12.4. The number of rotatable bonds is 6. The summed E-state index contributed by atoms with van der Waals surface area (Å²) < 4.78 is 0. The molecule has 3 rings (SSSR count). The second kappa shape index (κ2) is 9.08. The summed E-state index contributed by atoms with van der Waals surface area (Å²) in [6.45, 7) is 2.18. The van der Waals surface area contributed by atoms with E-state index in [0.29, 0.717) is 0 Å². The van der Waals surface area contributed by atoms with Crippen molar-refractivity contribution in [2.45, 2.75) is 12.7 Å². The molecule has 0 N–H and O–H groups in total. The Hall–Kier alpha value is -2.54. The largest absolute Gasteiger partial charge is 0.205 e. The highest BCUT2D eigenvalue weighted by atomic mass is 32.2. The first-order valence-electron chi connectivity index (χ1n) is 8.48. The maximum atomic E-state index is 4.71. The van der Waals surface area contributed by atoms with Crippen molar-refractivity contribution in [3.8, 4) is 0 Å². The first-order valence-corrected chi connectivity index (χ1v) is 9.64. The molecule has 3 aromatic rings. The normalized spacial score (nSPS) is 10.1. The highest BCUT2D eigenvalue weighted by Gasteiger charge is 2.04. The molecule has 0 saturated carbocycles. The van der Waals surface area contributed by atoms with Crippen LogP contribution in [0.25, 0.3) is 5.57 Å². The highest BCUT2D eigenvalue weighted by Crippen LogP contribution is 2.25. The van der Waals surface area contributed by atoms with Crippen LogP contribution >= 0.6 is 11.8 Å². The van der Waals surface area contributed by atoms with Crippen molar-refractivity contribution in [1.82, 2.24) is 0 Å². The molecular weight excluding hydrogens is 322 g/mol. The molecule has 1 nitrogen and oxygen atoms in total. The van der Waals surface area contributed by atoms with E-state index in [0.717, 1.165) is 33.9 Å². The Kier molecular flexibility index (Phi) is 6.28. The highest BCUT2D eigenvalue weighted by molar-refractivity contribution is 7.98. The fraction of sp³-hybridized carbons (Fsp3) is 0.130. The summed E-state index contributed by atoms with van der Waals surface area (Å²) in [6.07, 6.45) is 0. The predicted octanol–water partition coefficient (Wildman–Crippen LogP) is 6.37. The van der Waals surface area contributed by atoms with Crippen molar-refractivity contribution >= 4 is 28.9 Å². The Morgan fingerprint density at radius 2 is 1.36 bits per heavy atom. The van der Waals surface area contributed by atoms with Crippen molar-refractivity contribution in [3.63, 3.8) is 0 Å². The number of hydrogen-bond acceptors (Lipinski definition) is 2. The minimum absolute atomic E-state index is 0.976. The lowest BCUT2D eigenvalue weighted by molar-refractivity contribution is 1.36. The topological polar surface area (TPSA) is 12.4 Å². The molecule has 0 aliphatic carbocycles. The molecule has 0 bridgehead atoms. The molecule has 0 saturated heterocycles. The number of aliphatic imine (C=N–C) groups is 1. The van der Waals surface area contributed by atoms with Crippen LogP contribution in [0.4, 0.5) is 5.69 Å². The molecule has 0 heterocycles. The molecule has 0 aromatic heterocycles. The van der Waals surface area contributed by atoms with Gasteiger partial charge in [0.05, 0.1) is 11.3 Å². The van der Waals surface area contributed by atoms with Gasteiger partial charge < -0.3 is 0 Å². The fourth-order valence-corrected chi connectivity index (χ4v) is 3.24. The van der Waals surface area contributed by atoms with Crippen molar-refractivity contribution in [3.05, 3.63) is 102 Å². The summed E-state index contributed by atoms with van der Waals surface area (Å²) in [5.41, 5.74) is 5.50. The molecule has 0 unspecified atom stereocenters. The van der Waals surface area contributed by atoms with Crippen LogP contribution in [0.2, 0.25) is 0 Å². The zero-order chi connectivity index (χ0) is 17.3. The molecule has 124 valence electrons. The smallest absolute Gasteiger partial charge is 0.0770 e. The van der Waals surface area contributed by atoms with Gasteiger partial charge in [-0.2, -0.15) is 11.8 Å². The number of thioether (sulfide) groups is 1. The summed E-state index contributed by atoms with van der Waals surface area (Å²) in [5, 5.41) is 0. The molecule has 2 heteroatoms. The SMILES string of the molecule is CCSCc1ccccc1N=C=C(c1ccccc1)c1ccccc1. The summed E-state index contributed by atoms with van der Waals surface area (Å²) in [4.78, 5) is 4.71. The maximum absolute atomic E-state index is 4.71. The van der Waals surface area contributed by atoms with Crippen LogP contribution in [0, 0.1) is 0 Å². The van der Waals surface area contributed by atoms with Gasteiger partial charge in [0.15, 0.2) is 0 Å².